The number of carbonyl (C=O) groups excluding carboxylic acids is 1. The molecule has 20 heavy (non-hydrogen) atoms. The molecule has 0 amide bonds. The zero-order chi connectivity index (χ0) is 14.8. The van der Waals surface area contributed by atoms with Crippen molar-refractivity contribution in [3.05, 3.63) is 0 Å². The van der Waals surface area contributed by atoms with Crippen LogP contribution < -0.4 is 0 Å². The third-order valence-electron chi connectivity index (χ3n) is 4.01. The fourth-order valence-electron chi connectivity index (χ4n) is 2.33. The highest BCUT2D eigenvalue weighted by Gasteiger charge is 2.31. The van der Waals surface area contributed by atoms with Gasteiger partial charge in [-0.1, -0.05) is 58.3 Å². The number of hydrogen-bond acceptors (Lipinski definition) is 3. The average molecular weight is 284 g/mol. The van der Waals surface area contributed by atoms with Crippen LogP contribution in [0.4, 0.5) is 0 Å². The monoisotopic (exact) mass is 284 g/mol. The Morgan fingerprint density at radius 3 is 2.20 bits per heavy atom. The molecule has 3 nitrogen and oxygen atoms in total. The Morgan fingerprint density at radius 2 is 1.65 bits per heavy atom. The Kier molecular flexibility index (Phi) is 8.20. The molecule has 1 aliphatic heterocycles. The summed E-state index contributed by atoms with van der Waals surface area (Å²) in [5.74, 6) is -0.0732. The van der Waals surface area contributed by atoms with E-state index in [2.05, 4.69) is 6.92 Å². The van der Waals surface area contributed by atoms with Crippen molar-refractivity contribution in [1.82, 2.24) is 0 Å². The minimum atomic E-state index is -0.350. The summed E-state index contributed by atoms with van der Waals surface area (Å²) in [6, 6.07) is 0. The fraction of sp³-hybridized carbons (Fsp3) is 0.941. The first kappa shape index (κ1) is 17.5. The van der Waals surface area contributed by atoms with Crippen molar-refractivity contribution in [2.75, 3.05) is 13.2 Å². The van der Waals surface area contributed by atoms with Gasteiger partial charge in [-0.15, -0.1) is 0 Å². The van der Waals surface area contributed by atoms with Gasteiger partial charge in [0.15, 0.2) is 0 Å². The topological polar surface area (TPSA) is 38.8 Å². The lowest BCUT2D eigenvalue weighted by molar-refractivity contribution is -0.154. The average Bonchev–Trinajstić information content (AvgIpc) is 3.23. The molecular formula is C17H32O3. The van der Waals surface area contributed by atoms with Crippen LogP contribution in [0.5, 0.6) is 0 Å². The number of hydrogen-bond donors (Lipinski definition) is 0. The van der Waals surface area contributed by atoms with E-state index in [0.717, 1.165) is 19.4 Å². The summed E-state index contributed by atoms with van der Waals surface area (Å²) < 4.78 is 10.3. The van der Waals surface area contributed by atoms with E-state index < -0.39 is 0 Å². The maximum Gasteiger partial charge on any atom is 0.311 e. The molecule has 0 bridgehead atoms. The Hall–Kier alpha value is -0.570. The van der Waals surface area contributed by atoms with Crippen LogP contribution in [0.1, 0.15) is 78.6 Å². The van der Waals surface area contributed by atoms with Crippen molar-refractivity contribution in [2.45, 2.75) is 84.7 Å². The number of unbranched alkanes of at least 4 members (excludes halogenated alkanes) is 7. The number of rotatable bonds is 12. The smallest absolute Gasteiger partial charge is 0.311 e. The second kappa shape index (κ2) is 9.38. The highest BCUT2D eigenvalue weighted by atomic mass is 16.6. The molecule has 1 fully saturated rings. The van der Waals surface area contributed by atoms with E-state index in [9.17, 15) is 4.79 Å². The van der Waals surface area contributed by atoms with Gasteiger partial charge in [-0.25, -0.2) is 0 Å². The van der Waals surface area contributed by atoms with Gasteiger partial charge in [-0.2, -0.15) is 0 Å². The van der Waals surface area contributed by atoms with Gasteiger partial charge in [0.05, 0.1) is 12.0 Å². The van der Waals surface area contributed by atoms with Crippen LogP contribution in [-0.2, 0) is 14.3 Å². The van der Waals surface area contributed by atoms with Gasteiger partial charge < -0.3 is 9.47 Å². The van der Waals surface area contributed by atoms with Gasteiger partial charge in [-0.05, 0) is 20.3 Å². The van der Waals surface area contributed by atoms with Crippen molar-refractivity contribution < 1.29 is 14.3 Å². The van der Waals surface area contributed by atoms with E-state index in [-0.39, 0.29) is 17.5 Å². The van der Waals surface area contributed by atoms with E-state index in [1.807, 2.05) is 13.8 Å². The van der Waals surface area contributed by atoms with E-state index >= 15 is 0 Å². The molecule has 0 aliphatic carbocycles. The molecule has 0 saturated carbocycles. The predicted molar refractivity (Wildman–Crippen MR) is 81.7 cm³/mol. The van der Waals surface area contributed by atoms with E-state index in [4.69, 9.17) is 9.47 Å². The summed E-state index contributed by atoms with van der Waals surface area (Å²) in [5.41, 5.74) is -0.350. The first-order valence-electron chi connectivity index (χ1n) is 8.35. The molecule has 0 N–H and O–H groups in total. The molecule has 118 valence electrons. The van der Waals surface area contributed by atoms with Crippen LogP contribution in [-0.4, -0.2) is 25.3 Å². The number of carbonyl (C=O) groups is 1. The normalized spacial score (nSPS) is 18.1. The SMILES string of the molecule is CCCCCCCCCCC(C)(C)C(=O)OCC1CO1. The molecule has 1 atom stereocenters. The van der Waals surface area contributed by atoms with Crippen molar-refractivity contribution in [3.8, 4) is 0 Å². The maximum absolute atomic E-state index is 12.0. The van der Waals surface area contributed by atoms with Gasteiger partial charge in [0, 0.05) is 0 Å². The molecule has 1 saturated heterocycles. The lowest BCUT2D eigenvalue weighted by atomic mass is 9.87. The second-order valence-electron chi connectivity index (χ2n) is 6.66. The number of epoxide rings is 1. The standard InChI is InChI=1S/C17H32O3/c1-4-5-6-7-8-9-10-11-12-17(2,3)16(18)20-14-15-13-19-15/h15H,4-14H2,1-3H3. The van der Waals surface area contributed by atoms with Gasteiger partial charge in [-0.3, -0.25) is 4.79 Å². The molecule has 0 spiro atoms. The van der Waals surface area contributed by atoms with Crippen molar-refractivity contribution in [3.63, 3.8) is 0 Å². The number of esters is 1. The van der Waals surface area contributed by atoms with Gasteiger partial charge >= 0.3 is 5.97 Å². The molecule has 0 aromatic carbocycles. The van der Waals surface area contributed by atoms with Crippen molar-refractivity contribution in [2.24, 2.45) is 5.41 Å². The summed E-state index contributed by atoms with van der Waals surface area (Å²) in [4.78, 5) is 12.0. The molecule has 1 unspecified atom stereocenters. The van der Waals surface area contributed by atoms with E-state index in [1.165, 1.54) is 44.9 Å². The van der Waals surface area contributed by atoms with Crippen LogP contribution in [0.3, 0.4) is 0 Å². The molecule has 0 radical (unpaired) electrons. The highest BCUT2D eigenvalue weighted by molar-refractivity contribution is 5.75. The van der Waals surface area contributed by atoms with Crippen LogP contribution in [0, 0.1) is 5.41 Å². The second-order valence-corrected chi connectivity index (χ2v) is 6.66. The zero-order valence-electron chi connectivity index (χ0n) is 13.6. The zero-order valence-corrected chi connectivity index (χ0v) is 13.6. The van der Waals surface area contributed by atoms with Crippen LogP contribution >= 0.6 is 0 Å². The number of ether oxygens (including phenoxy) is 2. The molecule has 1 heterocycles. The third-order valence-corrected chi connectivity index (χ3v) is 4.01. The lowest BCUT2D eigenvalue weighted by Crippen LogP contribution is -2.27. The Labute approximate surface area is 124 Å². The molecule has 0 aromatic rings. The first-order chi connectivity index (χ1) is 9.56. The van der Waals surface area contributed by atoms with Crippen molar-refractivity contribution >= 4 is 5.97 Å². The van der Waals surface area contributed by atoms with Gasteiger partial charge in [0.25, 0.3) is 0 Å². The summed E-state index contributed by atoms with van der Waals surface area (Å²) in [6.07, 6.45) is 11.5. The minimum Gasteiger partial charge on any atom is -0.462 e. The van der Waals surface area contributed by atoms with E-state index in [0.29, 0.717) is 6.61 Å². The Morgan fingerprint density at radius 1 is 1.10 bits per heavy atom. The largest absolute Gasteiger partial charge is 0.462 e. The van der Waals surface area contributed by atoms with Crippen LogP contribution in [0.2, 0.25) is 0 Å². The molecule has 0 aromatic heterocycles. The van der Waals surface area contributed by atoms with Gasteiger partial charge in [0.1, 0.15) is 12.7 Å². The fourth-order valence-corrected chi connectivity index (χ4v) is 2.33. The quantitative estimate of drug-likeness (QED) is 0.301. The summed E-state index contributed by atoms with van der Waals surface area (Å²) in [5, 5.41) is 0. The van der Waals surface area contributed by atoms with E-state index in [1.54, 1.807) is 0 Å². The summed E-state index contributed by atoms with van der Waals surface area (Å²) in [7, 11) is 0. The first-order valence-corrected chi connectivity index (χ1v) is 8.35. The molecule has 1 rings (SSSR count). The van der Waals surface area contributed by atoms with Gasteiger partial charge in [0.2, 0.25) is 0 Å². The Balaban J connectivity index is 1.98. The summed E-state index contributed by atoms with van der Waals surface area (Å²) in [6.45, 7) is 7.40. The summed E-state index contributed by atoms with van der Waals surface area (Å²) >= 11 is 0. The predicted octanol–water partition coefficient (Wildman–Crippen LogP) is 4.49. The lowest BCUT2D eigenvalue weighted by Gasteiger charge is -2.22. The third kappa shape index (κ3) is 7.88. The van der Waals surface area contributed by atoms with Crippen LogP contribution in [0.15, 0.2) is 0 Å². The Bertz CT molecular complexity index is 269. The molecular weight excluding hydrogens is 252 g/mol. The highest BCUT2D eigenvalue weighted by Crippen LogP contribution is 2.26. The minimum absolute atomic E-state index is 0.0732. The van der Waals surface area contributed by atoms with Crippen molar-refractivity contribution in [1.29, 1.82) is 0 Å². The maximum atomic E-state index is 12.0. The molecule has 1 aliphatic rings. The van der Waals surface area contributed by atoms with Crippen LogP contribution in [0.25, 0.3) is 0 Å². The molecule has 3 heteroatoms.